The van der Waals surface area contributed by atoms with Crippen LogP contribution >= 0.6 is 0 Å². The minimum atomic E-state index is 0.935. The molecule has 0 saturated carbocycles. The Morgan fingerprint density at radius 3 is 3.00 bits per heavy atom. The van der Waals surface area contributed by atoms with Crippen molar-refractivity contribution in [2.45, 2.75) is 6.42 Å². The van der Waals surface area contributed by atoms with Crippen LogP contribution in [0.25, 0.3) is 27.8 Å². The average molecular weight is 271 g/mol. The Labute approximate surface area is 122 Å². The zero-order chi connectivity index (χ0) is 13.8. The number of nitrogens with one attached hydrogen (secondary N) is 1. The summed E-state index contributed by atoms with van der Waals surface area (Å²) in [5, 5.41) is 3.77. The molecule has 0 fully saturated rings. The van der Waals surface area contributed by atoms with Crippen molar-refractivity contribution in [2.24, 2.45) is 0 Å². The molecule has 0 amide bonds. The van der Waals surface area contributed by atoms with Gasteiger partial charge < -0.3 is 9.72 Å². The van der Waals surface area contributed by atoms with Crippen molar-refractivity contribution in [1.82, 2.24) is 4.98 Å². The van der Waals surface area contributed by atoms with Crippen molar-refractivity contribution >= 4 is 27.8 Å². The largest absolute Gasteiger partial charge is 0.456 e. The molecule has 0 spiro atoms. The summed E-state index contributed by atoms with van der Waals surface area (Å²) in [4.78, 5) is 3.29. The minimum absolute atomic E-state index is 0.935. The van der Waals surface area contributed by atoms with Gasteiger partial charge in [0.2, 0.25) is 0 Å². The van der Waals surface area contributed by atoms with Gasteiger partial charge in [0, 0.05) is 28.0 Å². The number of aromatic amines is 1. The van der Waals surface area contributed by atoms with Crippen LogP contribution in [0.3, 0.4) is 0 Å². The van der Waals surface area contributed by atoms with E-state index in [1.54, 1.807) is 0 Å². The molecule has 2 aliphatic rings. The van der Waals surface area contributed by atoms with Crippen molar-refractivity contribution in [3.63, 3.8) is 0 Å². The van der Waals surface area contributed by atoms with Crippen LogP contribution < -0.4 is 4.74 Å². The smallest absolute Gasteiger partial charge is 0.135 e. The third kappa shape index (κ3) is 1.47. The molecule has 5 rings (SSSR count). The second-order valence-corrected chi connectivity index (χ2v) is 5.51. The lowest BCUT2D eigenvalue weighted by Crippen LogP contribution is -2.07. The number of hydrogen-bond acceptors (Lipinski definition) is 1. The van der Waals surface area contributed by atoms with Crippen LogP contribution in [-0.2, 0) is 0 Å². The zero-order valence-electron chi connectivity index (χ0n) is 11.4. The first kappa shape index (κ1) is 11.0. The summed E-state index contributed by atoms with van der Waals surface area (Å²) in [6, 6.07) is 10.7. The van der Waals surface area contributed by atoms with E-state index in [2.05, 4.69) is 53.5 Å². The van der Waals surface area contributed by atoms with E-state index >= 15 is 0 Å². The van der Waals surface area contributed by atoms with Crippen molar-refractivity contribution in [1.29, 1.82) is 0 Å². The van der Waals surface area contributed by atoms with E-state index in [0.717, 1.165) is 17.9 Å². The maximum Gasteiger partial charge on any atom is 0.135 e. The molecule has 0 radical (unpaired) electrons. The molecule has 21 heavy (non-hydrogen) atoms. The first-order valence-corrected chi connectivity index (χ1v) is 7.18. The molecule has 2 heteroatoms. The molecule has 2 aromatic carbocycles. The monoisotopic (exact) mass is 271 g/mol. The van der Waals surface area contributed by atoms with Crippen molar-refractivity contribution in [3.8, 4) is 5.75 Å². The lowest BCUT2D eigenvalue weighted by molar-refractivity contribution is 0.428. The Hall–Kier alpha value is -2.74. The third-order valence-electron chi connectivity index (χ3n) is 4.29. The first-order chi connectivity index (χ1) is 10.4. The molecule has 1 N–H and O–H groups in total. The van der Waals surface area contributed by atoms with Crippen LogP contribution in [0.15, 0.2) is 66.1 Å². The number of benzene rings is 2. The van der Waals surface area contributed by atoms with E-state index in [-0.39, 0.29) is 0 Å². The number of aromatic nitrogens is 1. The van der Waals surface area contributed by atoms with Crippen molar-refractivity contribution in [2.75, 3.05) is 0 Å². The molecule has 1 aliphatic carbocycles. The molecule has 2 nitrogen and oxygen atoms in total. The zero-order valence-corrected chi connectivity index (χ0v) is 11.4. The van der Waals surface area contributed by atoms with Gasteiger partial charge in [-0.05, 0) is 47.7 Å². The molecule has 0 bridgehead atoms. The van der Waals surface area contributed by atoms with Gasteiger partial charge in [-0.2, -0.15) is 0 Å². The molecule has 1 aromatic heterocycles. The van der Waals surface area contributed by atoms with Gasteiger partial charge >= 0.3 is 0 Å². The standard InChI is InChI=1S/C19H13NO/c1-2-4-17-13(3-1)11-15-18(21-17)8-6-12-5-7-16-14(19(12)15)9-10-20-16/h1-2,4-11,20H,3H2. The van der Waals surface area contributed by atoms with Crippen LogP contribution in [0.5, 0.6) is 5.75 Å². The molecule has 0 saturated heterocycles. The van der Waals surface area contributed by atoms with Gasteiger partial charge in [-0.15, -0.1) is 0 Å². The highest BCUT2D eigenvalue weighted by atomic mass is 16.5. The summed E-state index contributed by atoms with van der Waals surface area (Å²) in [7, 11) is 0. The van der Waals surface area contributed by atoms with E-state index in [0.29, 0.717) is 0 Å². The summed E-state index contributed by atoms with van der Waals surface area (Å²) >= 11 is 0. The number of ether oxygens (including phenoxy) is 1. The Kier molecular flexibility index (Phi) is 2.03. The maximum atomic E-state index is 6.10. The highest BCUT2D eigenvalue weighted by Crippen LogP contribution is 2.40. The molecule has 2 heterocycles. The summed E-state index contributed by atoms with van der Waals surface area (Å²) in [6.45, 7) is 0. The Morgan fingerprint density at radius 1 is 1.05 bits per heavy atom. The van der Waals surface area contributed by atoms with Gasteiger partial charge in [0.05, 0.1) is 0 Å². The molecular formula is C19H13NO. The topological polar surface area (TPSA) is 25.0 Å². The van der Waals surface area contributed by atoms with Gasteiger partial charge in [-0.25, -0.2) is 0 Å². The number of fused-ring (bicyclic) bond motifs is 6. The molecular weight excluding hydrogens is 258 g/mol. The van der Waals surface area contributed by atoms with Crippen LogP contribution in [0.4, 0.5) is 0 Å². The predicted molar refractivity (Wildman–Crippen MR) is 86.2 cm³/mol. The van der Waals surface area contributed by atoms with Crippen molar-refractivity contribution in [3.05, 3.63) is 71.7 Å². The predicted octanol–water partition coefficient (Wildman–Crippen LogP) is 4.94. The summed E-state index contributed by atoms with van der Waals surface area (Å²) in [6.07, 6.45) is 11.5. The van der Waals surface area contributed by atoms with Crippen LogP contribution in [0.1, 0.15) is 12.0 Å². The SMILES string of the molecule is C1=CCC2=Cc3c(ccc4ccc5[nH]ccc5c34)OC2=C1. The van der Waals surface area contributed by atoms with E-state index < -0.39 is 0 Å². The second kappa shape index (κ2) is 3.89. The van der Waals surface area contributed by atoms with E-state index in [4.69, 9.17) is 4.74 Å². The third-order valence-corrected chi connectivity index (χ3v) is 4.29. The maximum absolute atomic E-state index is 6.10. The van der Waals surface area contributed by atoms with E-state index in [1.165, 1.54) is 32.8 Å². The fourth-order valence-corrected chi connectivity index (χ4v) is 3.28. The van der Waals surface area contributed by atoms with Gasteiger partial charge in [-0.1, -0.05) is 24.3 Å². The Balaban J connectivity index is 1.91. The number of hydrogen-bond donors (Lipinski definition) is 1. The molecule has 3 aromatic rings. The molecule has 100 valence electrons. The normalized spacial score (nSPS) is 16.2. The average Bonchev–Trinajstić information content (AvgIpc) is 3.01. The summed E-state index contributed by atoms with van der Waals surface area (Å²) < 4.78 is 6.10. The molecule has 0 atom stereocenters. The fourth-order valence-electron chi connectivity index (χ4n) is 3.28. The highest BCUT2D eigenvalue weighted by Gasteiger charge is 2.20. The van der Waals surface area contributed by atoms with Crippen molar-refractivity contribution < 1.29 is 4.74 Å². The van der Waals surface area contributed by atoms with Gasteiger partial charge in [0.1, 0.15) is 11.5 Å². The second-order valence-electron chi connectivity index (χ2n) is 5.51. The van der Waals surface area contributed by atoms with Gasteiger partial charge in [0.15, 0.2) is 0 Å². The van der Waals surface area contributed by atoms with E-state index in [9.17, 15) is 0 Å². The number of rotatable bonds is 0. The highest BCUT2D eigenvalue weighted by molar-refractivity contribution is 6.11. The van der Waals surface area contributed by atoms with Crippen LogP contribution in [0.2, 0.25) is 0 Å². The van der Waals surface area contributed by atoms with Gasteiger partial charge in [0.25, 0.3) is 0 Å². The van der Waals surface area contributed by atoms with Crippen LogP contribution in [0, 0.1) is 0 Å². The lowest BCUT2D eigenvalue weighted by atomic mass is 9.94. The van der Waals surface area contributed by atoms with E-state index in [1.807, 2.05) is 12.3 Å². The summed E-state index contributed by atoms with van der Waals surface area (Å²) in [5.74, 6) is 1.92. The lowest BCUT2D eigenvalue weighted by Gasteiger charge is -2.23. The number of H-pyrrole nitrogens is 1. The first-order valence-electron chi connectivity index (χ1n) is 7.18. The Bertz CT molecular complexity index is 985. The molecule has 1 aliphatic heterocycles. The fraction of sp³-hybridized carbons (Fsp3) is 0.0526. The quantitative estimate of drug-likeness (QED) is 0.615. The van der Waals surface area contributed by atoms with Gasteiger partial charge in [-0.3, -0.25) is 0 Å². The minimum Gasteiger partial charge on any atom is -0.456 e. The van der Waals surface area contributed by atoms with Crippen LogP contribution in [-0.4, -0.2) is 4.98 Å². The Morgan fingerprint density at radius 2 is 2.00 bits per heavy atom. The molecule has 0 unspecified atom stereocenters. The summed E-state index contributed by atoms with van der Waals surface area (Å²) in [5.41, 5.74) is 3.62. The number of allylic oxidation sites excluding steroid dienone is 4.